The number of nitrogens with one attached hydrogen (secondary N) is 1. The number of hydrogen-bond donors (Lipinski definition) is 2. The Morgan fingerprint density at radius 1 is 1.32 bits per heavy atom. The number of carboxylic acid groups (broad SMARTS) is 1. The van der Waals surface area contributed by atoms with Crippen molar-refractivity contribution >= 4 is 11.9 Å². The van der Waals surface area contributed by atoms with Gasteiger partial charge in [-0.1, -0.05) is 30.9 Å². The lowest BCUT2D eigenvalue weighted by Crippen LogP contribution is -2.25. The first kappa shape index (κ1) is 17.6. The van der Waals surface area contributed by atoms with Crippen LogP contribution in [0.25, 0.3) is 0 Å². The molecule has 6 nitrogen and oxygen atoms in total. The fourth-order valence-corrected chi connectivity index (χ4v) is 1.94. The van der Waals surface area contributed by atoms with Crippen LogP contribution >= 0.6 is 0 Å². The van der Waals surface area contributed by atoms with Crippen LogP contribution in [0.3, 0.4) is 0 Å². The van der Waals surface area contributed by atoms with Gasteiger partial charge >= 0.3 is 5.97 Å². The number of hydrogen-bond acceptors (Lipinski definition) is 4. The molecule has 2 N–H and O–H groups in total. The molecule has 22 heavy (non-hydrogen) atoms. The second kappa shape index (κ2) is 9.44. The molecule has 0 aromatic heterocycles. The van der Waals surface area contributed by atoms with Gasteiger partial charge in [0.15, 0.2) is 0 Å². The van der Waals surface area contributed by atoms with Gasteiger partial charge in [0.05, 0.1) is 5.70 Å². The van der Waals surface area contributed by atoms with E-state index in [0.29, 0.717) is 18.7 Å². The van der Waals surface area contributed by atoms with Crippen molar-refractivity contribution in [2.75, 3.05) is 6.54 Å². The summed E-state index contributed by atoms with van der Waals surface area (Å²) in [5, 5.41) is 18.9. The van der Waals surface area contributed by atoms with Crippen LogP contribution in [0.5, 0.6) is 0 Å². The SMILES string of the molecule is C=C/N=N\C(=C)C1=CC=C(CNC(=O)CCCC(=O)O)CC1. The van der Waals surface area contributed by atoms with Crippen molar-refractivity contribution in [3.8, 4) is 0 Å². The van der Waals surface area contributed by atoms with Crippen molar-refractivity contribution in [3.05, 3.63) is 48.4 Å². The number of allylic oxidation sites excluding steroid dienone is 3. The molecule has 6 heteroatoms. The molecule has 0 heterocycles. The molecule has 0 fully saturated rings. The van der Waals surface area contributed by atoms with Gasteiger partial charge in [0, 0.05) is 25.6 Å². The van der Waals surface area contributed by atoms with Crippen molar-refractivity contribution in [2.45, 2.75) is 32.1 Å². The highest BCUT2D eigenvalue weighted by Gasteiger charge is 2.10. The minimum absolute atomic E-state index is 0.0174. The molecule has 118 valence electrons. The Hall–Kier alpha value is -2.50. The molecule has 0 spiro atoms. The topological polar surface area (TPSA) is 91.1 Å². The van der Waals surface area contributed by atoms with Gasteiger partial charge in [0.1, 0.15) is 0 Å². The summed E-state index contributed by atoms with van der Waals surface area (Å²) in [4.78, 5) is 21.9. The smallest absolute Gasteiger partial charge is 0.303 e. The van der Waals surface area contributed by atoms with Crippen LogP contribution in [0.15, 0.2) is 58.6 Å². The van der Waals surface area contributed by atoms with E-state index in [1.165, 1.54) is 6.20 Å². The van der Waals surface area contributed by atoms with Gasteiger partial charge in [-0.2, -0.15) is 10.2 Å². The lowest BCUT2D eigenvalue weighted by Gasteiger charge is -2.14. The number of carboxylic acids is 1. The number of carbonyl (C=O) groups excluding carboxylic acids is 1. The van der Waals surface area contributed by atoms with Gasteiger partial charge in [-0.15, -0.1) is 0 Å². The van der Waals surface area contributed by atoms with Crippen molar-refractivity contribution in [1.29, 1.82) is 0 Å². The minimum Gasteiger partial charge on any atom is -0.481 e. The Morgan fingerprint density at radius 2 is 2.09 bits per heavy atom. The van der Waals surface area contributed by atoms with Gasteiger partial charge in [0.2, 0.25) is 5.91 Å². The summed E-state index contributed by atoms with van der Waals surface area (Å²) in [6.45, 7) is 7.78. The second-order valence-corrected chi connectivity index (χ2v) is 4.89. The van der Waals surface area contributed by atoms with Crippen molar-refractivity contribution in [3.63, 3.8) is 0 Å². The van der Waals surface area contributed by atoms with E-state index in [2.05, 4.69) is 28.7 Å². The van der Waals surface area contributed by atoms with Gasteiger partial charge in [0.25, 0.3) is 0 Å². The van der Waals surface area contributed by atoms with E-state index in [1.807, 2.05) is 12.2 Å². The van der Waals surface area contributed by atoms with Gasteiger partial charge in [-0.25, -0.2) is 0 Å². The maximum atomic E-state index is 11.6. The average Bonchev–Trinajstić information content (AvgIpc) is 2.50. The van der Waals surface area contributed by atoms with E-state index in [4.69, 9.17) is 5.11 Å². The molecule has 0 saturated carbocycles. The standard InChI is InChI=1S/C16H21N3O3/c1-3-18-19-12(2)14-9-7-13(8-10-14)11-17-15(20)5-4-6-16(21)22/h3,7,9H,1-2,4-6,8,10-11H2,(H,17,20)(H,21,22)/b19-18-. The van der Waals surface area contributed by atoms with Gasteiger partial charge < -0.3 is 10.4 Å². The lowest BCUT2D eigenvalue weighted by molar-refractivity contribution is -0.137. The summed E-state index contributed by atoms with van der Waals surface area (Å²) in [5.41, 5.74) is 2.75. The maximum Gasteiger partial charge on any atom is 0.303 e. The monoisotopic (exact) mass is 303 g/mol. The molecule has 0 bridgehead atoms. The Labute approximate surface area is 130 Å². The zero-order valence-corrected chi connectivity index (χ0v) is 12.5. The summed E-state index contributed by atoms with van der Waals surface area (Å²) in [7, 11) is 0. The van der Waals surface area contributed by atoms with E-state index < -0.39 is 5.97 Å². The zero-order valence-electron chi connectivity index (χ0n) is 12.5. The molecule has 0 saturated heterocycles. The van der Waals surface area contributed by atoms with Crippen LogP contribution in [0.4, 0.5) is 0 Å². The molecule has 1 amide bonds. The number of azo groups is 1. The average molecular weight is 303 g/mol. The highest BCUT2D eigenvalue weighted by atomic mass is 16.4. The second-order valence-electron chi connectivity index (χ2n) is 4.89. The molecular formula is C16H21N3O3. The highest BCUT2D eigenvalue weighted by molar-refractivity contribution is 5.77. The predicted molar refractivity (Wildman–Crippen MR) is 84.1 cm³/mol. The normalized spacial score (nSPS) is 14.2. The number of nitrogens with zero attached hydrogens (tertiary/aromatic N) is 2. The predicted octanol–water partition coefficient (Wildman–Crippen LogP) is 3.11. The summed E-state index contributed by atoms with van der Waals surface area (Å²) in [6.07, 6.45) is 7.47. The third kappa shape index (κ3) is 6.78. The first-order chi connectivity index (χ1) is 10.5. The molecule has 1 aliphatic carbocycles. The first-order valence-electron chi connectivity index (χ1n) is 7.11. The number of carbonyl (C=O) groups is 2. The van der Waals surface area contributed by atoms with Crippen LogP contribution < -0.4 is 5.32 Å². The molecule has 0 unspecified atom stereocenters. The van der Waals surface area contributed by atoms with Crippen LogP contribution in [-0.4, -0.2) is 23.5 Å². The Bertz CT molecular complexity index is 545. The zero-order chi connectivity index (χ0) is 16.4. The van der Waals surface area contributed by atoms with Gasteiger partial charge in [-0.05, 0) is 24.8 Å². The van der Waals surface area contributed by atoms with E-state index >= 15 is 0 Å². The lowest BCUT2D eigenvalue weighted by atomic mass is 9.97. The fraction of sp³-hybridized carbons (Fsp3) is 0.375. The summed E-state index contributed by atoms with van der Waals surface area (Å²) < 4.78 is 0. The van der Waals surface area contributed by atoms with E-state index in [-0.39, 0.29) is 18.7 Å². The molecule has 0 atom stereocenters. The van der Waals surface area contributed by atoms with Crippen molar-refractivity contribution in [1.82, 2.24) is 5.32 Å². The van der Waals surface area contributed by atoms with Crippen LogP contribution in [-0.2, 0) is 9.59 Å². The number of rotatable bonds is 9. The van der Waals surface area contributed by atoms with Crippen LogP contribution in [0, 0.1) is 0 Å². The Morgan fingerprint density at radius 3 is 2.68 bits per heavy atom. The van der Waals surface area contributed by atoms with E-state index in [0.717, 1.165) is 24.0 Å². The molecule has 0 aromatic rings. The highest BCUT2D eigenvalue weighted by Crippen LogP contribution is 2.23. The van der Waals surface area contributed by atoms with Crippen LogP contribution in [0.2, 0.25) is 0 Å². The molecule has 0 aromatic carbocycles. The Kier molecular flexibility index (Phi) is 7.53. The van der Waals surface area contributed by atoms with Crippen molar-refractivity contribution < 1.29 is 14.7 Å². The number of amides is 1. The fourth-order valence-electron chi connectivity index (χ4n) is 1.94. The first-order valence-corrected chi connectivity index (χ1v) is 7.11. The third-order valence-corrected chi connectivity index (χ3v) is 3.17. The third-order valence-electron chi connectivity index (χ3n) is 3.17. The molecule has 1 aliphatic rings. The van der Waals surface area contributed by atoms with E-state index in [9.17, 15) is 9.59 Å². The molecular weight excluding hydrogens is 282 g/mol. The van der Waals surface area contributed by atoms with Crippen molar-refractivity contribution in [2.24, 2.45) is 10.2 Å². The summed E-state index contributed by atoms with van der Waals surface area (Å²) in [6, 6.07) is 0. The summed E-state index contributed by atoms with van der Waals surface area (Å²) >= 11 is 0. The molecule has 1 rings (SSSR count). The van der Waals surface area contributed by atoms with Gasteiger partial charge in [-0.3, -0.25) is 9.59 Å². The van der Waals surface area contributed by atoms with Crippen LogP contribution in [0.1, 0.15) is 32.1 Å². The molecule has 0 aliphatic heterocycles. The number of aliphatic carboxylic acids is 1. The molecule has 0 radical (unpaired) electrons. The minimum atomic E-state index is -0.880. The quantitative estimate of drug-likeness (QED) is 0.641. The van der Waals surface area contributed by atoms with E-state index in [1.54, 1.807) is 0 Å². The Balaban J connectivity index is 2.37. The largest absolute Gasteiger partial charge is 0.481 e. The maximum absolute atomic E-state index is 11.6. The summed E-state index contributed by atoms with van der Waals surface area (Å²) in [5.74, 6) is -1.00.